The Kier molecular flexibility index (Phi) is 2.22. The summed E-state index contributed by atoms with van der Waals surface area (Å²) in [7, 11) is 0. The summed E-state index contributed by atoms with van der Waals surface area (Å²) in [5.41, 5.74) is 2.84. The van der Waals surface area contributed by atoms with Crippen LogP contribution in [0.25, 0.3) is 17.1 Å². The highest BCUT2D eigenvalue weighted by Gasteiger charge is 2.13. The second kappa shape index (κ2) is 3.86. The van der Waals surface area contributed by atoms with Gasteiger partial charge in [-0.1, -0.05) is 18.2 Å². The van der Waals surface area contributed by atoms with Gasteiger partial charge in [0.05, 0.1) is 23.1 Å². The van der Waals surface area contributed by atoms with Crippen molar-refractivity contribution in [1.82, 2.24) is 20.0 Å². The molecule has 0 N–H and O–H groups in total. The maximum atomic E-state index is 5.17. The zero-order chi connectivity index (χ0) is 11.7. The molecule has 0 aliphatic carbocycles. The summed E-state index contributed by atoms with van der Waals surface area (Å²) in [4.78, 5) is 0. The van der Waals surface area contributed by atoms with Crippen molar-refractivity contribution < 1.29 is 4.42 Å². The minimum absolute atomic E-state index is 0.490. The first-order valence-corrected chi connectivity index (χ1v) is 5.23. The van der Waals surface area contributed by atoms with E-state index in [1.54, 1.807) is 6.20 Å². The van der Waals surface area contributed by atoms with Gasteiger partial charge < -0.3 is 4.42 Å². The molecule has 2 aromatic heterocycles. The van der Waals surface area contributed by atoms with Crippen LogP contribution in [0.3, 0.4) is 0 Å². The van der Waals surface area contributed by atoms with Crippen LogP contribution in [0.5, 0.6) is 0 Å². The highest BCUT2D eigenvalue weighted by Crippen LogP contribution is 2.22. The molecule has 0 aliphatic rings. The quantitative estimate of drug-likeness (QED) is 0.672. The molecule has 2 heterocycles. The molecular formula is C12H10N4O. The summed E-state index contributed by atoms with van der Waals surface area (Å²) < 4.78 is 7.02. The molecule has 0 amide bonds. The van der Waals surface area contributed by atoms with Crippen LogP contribution in [-0.2, 0) is 0 Å². The first-order valence-electron chi connectivity index (χ1n) is 5.23. The lowest BCUT2D eigenvalue weighted by Crippen LogP contribution is -1.98. The summed E-state index contributed by atoms with van der Waals surface area (Å²) in [6.45, 7) is 1.97. The van der Waals surface area contributed by atoms with Crippen molar-refractivity contribution in [2.45, 2.75) is 6.92 Å². The van der Waals surface area contributed by atoms with Crippen molar-refractivity contribution in [1.29, 1.82) is 0 Å². The van der Waals surface area contributed by atoms with Gasteiger partial charge in [0.15, 0.2) is 0 Å². The Morgan fingerprint density at radius 3 is 2.71 bits per heavy atom. The molecule has 0 fully saturated rings. The van der Waals surface area contributed by atoms with Crippen LogP contribution < -0.4 is 0 Å². The Balaban J connectivity index is 2.10. The van der Waals surface area contributed by atoms with E-state index < -0.39 is 0 Å². The molecule has 0 radical (unpaired) electrons. The Hall–Kier alpha value is -2.43. The van der Waals surface area contributed by atoms with Crippen LogP contribution in [0.1, 0.15) is 5.69 Å². The fourth-order valence-corrected chi connectivity index (χ4v) is 1.74. The van der Waals surface area contributed by atoms with Crippen LogP contribution in [0.2, 0.25) is 0 Å². The molecule has 3 rings (SSSR count). The predicted molar refractivity (Wildman–Crippen MR) is 61.6 cm³/mol. The van der Waals surface area contributed by atoms with E-state index in [0.717, 1.165) is 16.9 Å². The second-order valence-electron chi connectivity index (χ2n) is 3.63. The highest BCUT2D eigenvalue weighted by molar-refractivity contribution is 5.56. The van der Waals surface area contributed by atoms with Gasteiger partial charge in [0.25, 0.3) is 5.89 Å². The zero-order valence-corrected chi connectivity index (χ0v) is 9.24. The Labute approximate surface area is 97.7 Å². The molecule has 0 spiro atoms. The van der Waals surface area contributed by atoms with E-state index >= 15 is 0 Å². The zero-order valence-electron chi connectivity index (χ0n) is 9.24. The summed E-state index contributed by atoms with van der Waals surface area (Å²) in [5.74, 6) is 0.490. The minimum Gasteiger partial charge on any atom is -0.423 e. The van der Waals surface area contributed by atoms with Crippen molar-refractivity contribution in [3.63, 3.8) is 0 Å². The molecule has 0 saturated carbocycles. The van der Waals surface area contributed by atoms with Crippen LogP contribution in [0, 0.1) is 6.92 Å². The number of para-hydroxylation sites is 1. The number of aromatic nitrogens is 4. The Morgan fingerprint density at radius 2 is 2.00 bits per heavy atom. The molecule has 0 aliphatic heterocycles. The largest absolute Gasteiger partial charge is 0.423 e. The van der Waals surface area contributed by atoms with Gasteiger partial charge >= 0.3 is 0 Å². The molecule has 3 aromatic rings. The molecule has 5 nitrogen and oxygen atoms in total. The molecule has 0 saturated heterocycles. The van der Waals surface area contributed by atoms with E-state index in [2.05, 4.69) is 15.3 Å². The molecule has 17 heavy (non-hydrogen) atoms. The molecular weight excluding hydrogens is 216 g/mol. The lowest BCUT2D eigenvalue weighted by molar-refractivity contribution is 0.568. The number of hydrogen-bond acceptors (Lipinski definition) is 4. The highest BCUT2D eigenvalue weighted by atomic mass is 16.4. The van der Waals surface area contributed by atoms with Crippen molar-refractivity contribution >= 4 is 0 Å². The third kappa shape index (κ3) is 1.61. The van der Waals surface area contributed by atoms with E-state index in [1.807, 2.05) is 41.9 Å². The normalized spacial score (nSPS) is 10.6. The van der Waals surface area contributed by atoms with Gasteiger partial charge in [-0.2, -0.15) is 5.10 Å². The van der Waals surface area contributed by atoms with Gasteiger partial charge in [-0.25, -0.2) is 4.68 Å². The summed E-state index contributed by atoms with van der Waals surface area (Å²) in [6, 6.07) is 9.92. The number of rotatable bonds is 2. The van der Waals surface area contributed by atoms with E-state index in [0.29, 0.717) is 5.89 Å². The van der Waals surface area contributed by atoms with E-state index in [1.165, 1.54) is 6.39 Å². The minimum atomic E-state index is 0.490. The summed E-state index contributed by atoms with van der Waals surface area (Å²) in [6.07, 6.45) is 3.05. The first-order chi connectivity index (χ1) is 8.36. The molecule has 0 bridgehead atoms. The lowest BCUT2D eigenvalue weighted by atomic mass is 10.2. The molecule has 0 unspecified atom stereocenters. The van der Waals surface area contributed by atoms with Crippen molar-refractivity contribution in [3.05, 3.63) is 48.6 Å². The summed E-state index contributed by atoms with van der Waals surface area (Å²) in [5, 5.41) is 11.9. The van der Waals surface area contributed by atoms with Crippen LogP contribution in [-0.4, -0.2) is 20.0 Å². The van der Waals surface area contributed by atoms with Gasteiger partial charge in [0.1, 0.15) is 0 Å². The fraction of sp³-hybridized carbons (Fsp3) is 0.0833. The third-order valence-corrected chi connectivity index (χ3v) is 2.60. The first kappa shape index (κ1) is 9.77. The van der Waals surface area contributed by atoms with Gasteiger partial charge in [0.2, 0.25) is 6.39 Å². The third-order valence-electron chi connectivity index (χ3n) is 2.60. The maximum Gasteiger partial charge on any atom is 0.250 e. The second-order valence-corrected chi connectivity index (χ2v) is 3.63. The summed E-state index contributed by atoms with van der Waals surface area (Å²) >= 11 is 0. The number of hydrogen-bond donors (Lipinski definition) is 0. The van der Waals surface area contributed by atoms with Crippen molar-refractivity contribution in [3.8, 4) is 17.1 Å². The van der Waals surface area contributed by atoms with Crippen molar-refractivity contribution in [2.24, 2.45) is 0 Å². The standard InChI is InChI=1S/C12H10N4O/c1-9-11(12-15-13-8-17-12)7-14-16(9)10-5-3-2-4-6-10/h2-8H,1H3. The molecule has 1 aromatic carbocycles. The molecule has 0 atom stereocenters. The van der Waals surface area contributed by atoms with Crippen LogP contribution in [0.4, 0.5) is 0 Å². The van der Waals surface area contributed by atoms with E-state index in [9.17, 15) is 0 Å². The average Bonchev–Trinajstić information content (AvgIpc) is 2.99. The monoisotopic (exact) mass is 226 g/mol. The van der Waals surface area contributed by atoms with E-state index in [4.69, 9.17) is 4.42 Å². The molecule has 5 heteroatoms. The van der Waals surface area contributed by atoms with E-state index in [-0.39, 0.29) is 0 Å². The predicted octanol–water partition coefficient (Wildman–Crippen LogP) is 2.23. The van der Waals surface area contributed by atoms with Gasteiger partial charge in [-0.15, -0.1) is 10.2 Å². The van der Waals surface area contributed by atoms with Gasteiger partial charge in [-0.3, -0.25) is 0 Å². The fourth-order valence-electron chi connectivity index (χ4n) is 1.74. The van der Waals surface area contributed by atoms with Crippen LogP contribution in [0.15, 0.2) is 47.3 Å². The van der Waals surface area contributed by atoms with Crippen molar-refractivity contribution in [2.75, 3.05) is 0 Å². The van der Waals surface area contributed by atoms with Gasteiger partial charge in [-0.05, 0) is 19.1 Å². The topological polar surface area (TPSA) is 56.7 Å². The SMILES string of the molecule is Cc1c(-c2nnco2)cnn1-c1ccccc1. The lowest BCUT2D eigenvalue weighted by Gasteiger charge is -2.03. The Morgan fingerprint density at radius 1 is 1.18 bits per heavy atom. The molecule has 84 valence electrons. The Bertz CT molecular complexity index is 613. The smallest absolute Gasteiger partial charge is 0.250 e. The average molecular weight is 226 g/mol. The van der Waals surface area contributed by atoms with Gasteiger partial charge in [0, 0.05) is 0 Å². The van der Waals surface area contributed by atoms with Crippen LogP contribution >= 0.6 is 0 Å². The number of nitrogens with zero attached hydrogens (tertiary/aromatic N) is 4. The number of benzene rings is 1. The maximum absolute atomic E-state index is 5.17.